The van der Waals surface area contributed by atoms with Crippen LogP contribution >= 0.6 is 0 Å². The van der Waals surface area contributed by atoms with Crippen LogP contribution in [0.4, 0.5) is 10.5 Å². The topological polar surface area (TPSA) is 55.6 Å². The van der Waals surface area contributed by atoms with Crippen LogP contribution < -0.4 is 10.6 Å². The SMILES string of the molecule is CN(C(=O)OC(C)(C)C)c1ccccc1C(C)(C)N. The third-order valence-electron chi connectivity index (χ3n) is 2.63. The van der Waals surface area contributed by atoms with Gasteiger partial charge in [-0.15, -0.1) is 0 Å². The summed E-state index contributed by atoms with van der Waals surface area (Å²) in [6.45, 7) is 9.36. The van der Waals surface area contributed by atoms with Crippen molar-refractivity contribution < 1.29 is 9.53 Å². The summed E-state index contributed by atoms with van der Waals surface area (Å²) in [5.41, 5.74) is 6.78. The Balaban J connectivity index is 3.07. The molecule has 1 amide bonds. The zero-order valence-electron chi connectivity index (χ0n) is 12.7. The summed E-state index contributed by atoms with van der Waals surface area (Å²) < 4.78 is 5.37. The first kappa shape index (κ1) is 15.5. The Morgan fingerprint density at radius 1 is 1.16 bits per heavy atom. The van der Waals surface area contributed by atoms with Crippen LogP contribution in [0.3, 0.4) is 0 Å². The van der Waals surface area contributed by atoms with Crippen molar-refractivity contribution in [1.29, 1.82) is 0 Å². The fraction of sp³-hybridized carbons (Fsp3) is 0.533. The molecule has 106 valence electrons. The van der Waals surface area contributed by atoms with Gasteiger partial charge in [0.25, 0.3) is 0 Å². The molecule has 0 fully saturated rings. The Morgan fingerprint density at radius 2 is 1.68 bits per heavy atom. The summed E-state index contributed by atoms with van der Waals surface area (Å²) >= 11 is 0. The van der Waals surface area contributed by atoms with Crippen LogP contribution in [0.25, 0.3) is 0 Å². The molecule has 0 unspecified atom stereocenters. The maximum absolute atomic E-state index is 12.1. The van der Waals surface area contributed by atoms with Crippen molar-refractivity contribution in [3.05, 3.63) is 29.8 Å². The number of hydrogen-bond donors (Lipinski definition) is 1. The lowest BCUT2D eigenvalue weighted by Gasteiger charge is -2.29. The molecule has 4 heteroatoms. The molecule has 2 N–H and O–H groups in total. The Labute approximate surface area is 115 Å². The van der Waals surface area contributed by atoms with Gasteiger partial charge in [0.2, 0.25) is 0 Å². The molecular formula is C15H24N2O2. The van der Waals surface area contributed by atoms with E-state index < -0.39 is 11.1 Å². The first-order valence-corrected chi connectivity index (χ1v) is 6.37. The summed E-state index contributed by atoms with van der Waals surface area (Å²) in [5, 5.41) is 0. The number of hydrogen-bond acceptors (Lipinski definition) is 3. The average Bonchev–Trinajstić information content (AvgIpc) is 2.24. The predicted octanol–water partition coefficient (Wildman–Crippen LogP) is 3.25. The lowest BCUT2D eigenvalue weighted by Crippen LogP contribution is -2.37. The summed E-state index contributed by atoms with van der Waals surface area (Å²) in [6.07, 6.45) is -0.385. The Bertz CT molecular complexity index is 456. The van der Waals surface area contributed by atoms with Gasteiger partial charge in [0.15, 0.2) is 0 Å². The molecule has 1 aromatic rings. The van der Waals surface area contributed by atoms with Gasteiger partial charge in [0, 0.05) is 12.6 Å². The molecule has 19 heavy (non-hydrogen) atoms. The quantitative estimate of drug-likeness (QED) is 0.892. The van der Waals surface area contributed by atoms with Crippen molar-refractivity contribution in [2.45, 2.75) is 45.8 Å². The van der Waals surface area contributed by atoms with E-state index in [-0.39, 0.29) is 6.09 Å². The lowest BCUT2D eigenvalue weighted by atomic mass is 9.93. The largest absolute Gasteiger partial charge is 0.443 e. The number of rotatable bonds is 2. The lowest BCUT2D eigenvalue weighted by molar-refractivity contribution is 0.0589. The number of nitrogens with two attached hydrogens (primary N) is 1. The molecule has 0 saturated carbocycles. The summed E-state index contributed by atoms with van der Waals surface area (Å²) in [5.74, 6) is 0. The third-order valence-corrected chi connectivity index (χ3v) is 2.63. The monoisotopic (exact) mass is 264 g/mol. The first-order valence-electron chi connectivity index (χ1n) is 6.37. The molecule has 0 atom stereocenters. The van der Waals surface area contributed by atoms with E-state index in [0.717, 1.165) is 11.3 Å². The molecule has 0 saturated heterocycles. The summed E-state index contributed by atoms with van der Waals surface area (Å²) in [6, 6.07) is 7.59. The van der Waals surface area contributed by atoms with Crippen LogP contribution in [0.5, 0.6) is 0 Å². The molecule has 4 nitrogen and oxygen atoms in total. The number of amides is 1. The summed E-state index contributed by atoms with van der Waals surface area (Å²) in [4.78, 5) is 13.6. The minimum atomic E-state index is -0.521. The highest BCUT2D eigenvalue weighted by Gasteiger charge is 2.25. The third kappa shape index (κ3) is 4.24. The van der Waals surface area contributed by atoms with E-state index in [1.165, 1.54) is 4.90 Å². The van der Waals surface area contributed by atoms with Gasteiger partial charge in [-0.1, -0.05) is 18.2 Å². The molecule has 1 aromatic carbocycles. The van der Waals surface area contributed by atoms with Crippen LogP contribution in [0.1, 0.15) is 40.2 Å². The number of benzene rings is 1. The Hall–Kier alpha value is -1.55. The zero-order valence-corrected chi connectivity index (χ0v) is 12.7. The van der Waals surface area contributed by atoms with Crippen molar-refractivity contribution in [2.75, 3.05) is 11.9 Å². The van der Waals surface area contributed by atoms with Gasteiger partial charge in [-0.2, -0.15) is 0 Å². The minimum Gasteiger partial charge on any atom is -0.443 e. The number of carbonyl (C=O) groups is 1. The van der Waals surface area contributed by atoms with Crippen LogP contribution in [0.15, 0.2) is 24.3 Å². The molecule has 0 spiro atoms. The van der Waals surface area contributed by atoms with Gasteiger partial charge in [-0.3, -0.25) is 4.90 Å². The van der Waals surface area contributed by atoms with E-state index in [4.69, 9.17) is 10.5 Å². The standard InChI is InChI=1S/C15H24N2O2/c1-14(2,3)19-13(18)17(6)12-10-8-7-9-11(12)15(4,5)16/h7-10H,16H2,1-6H3. The van der Waals surface area contributed by atoms with Gasteiger partial charge in [0.1, 0.15) is 5.60 Å². The van der Waals surface area contributed by atoms with Gasteiger partial charge >= 0.3 is 6.09 Å². The Kier molecular flexibility index (Phi) is 4.25. The molecule has 0 aliphatic heterocycles. The highest BCUT2D eigenvalue weighted by atomic mass is 16.6. The number of para-hydroxylation sites is 1. The average molecular weight is 264 g/mol. The molecule has 0 bridgehead atoms. The van der Waals surface area contributed by atoms with Gasteiger partial charge in [-0.25, -0.2) is 4.79 Å². The molecule has 0 heterocycles. The van der Waals surface area contributed by atoms with E-state index >= 15 is 0 Å². The molecule has 0 aromatic heterocycles. The molecule has 1 rings (SSSR count). The van der Waals surface area contributed by atoms with Gasteiger partial charge in [0.05, 0.1) is 5.69 Å². The van der Waals surface area contributed by atoms with Crippen LogP contribution in [-0.4, -0.2) is 18.7 Å². The van der Waals surface area contributed by atoms with Crippen LogP contribution in [0.2, 0.25) is 0 Å². The smallest absolute Gasteiger partial charge is 0.414 e. The second-order valence-corrected chi connectivity index (χ2v) is 6.28. The van der Waals surface area contributed by atoms with E-state index in [2.05, 4.69) is 0 Å². The fourth-order valence-electron chi connectivity index (χ4n) is 1.74. The van der Waals surface area contributed by atoms with E-state index in [9.17, 15) is 4.79 Å². The predicted molar refractivity (Wildman–Crippen MR) is 78.3 cm³/mol. The molecular weight excluding hydrogens is 240 g/mol. The number of ether oxygens (including phenoxy) is 1. The number of nitrogens with zero attached hydrogens (tertiary/aromatic N) is 1. The van der Waals surface area contributed by atoms with Crippen molar-refractivity contribution in [2.24, 2.45) is 5.73 Å². The van der Waals surface area contributed by atoms with Crippen LogP contribution in [-0.2, 0) is 10.3 Å². The van der Waals surface area contributed by atoms with E-state index in [1.54, 1.807) is 7.05 Å². The highest BCUT2D eigenvalue weighted by molar-refractivity contribution is 5.88. The highest BCUT2D eigenvalue weighted by Crippen LogP contribution is 2.28. The molecule has 0 aliphatic rings. The van der Waals surface area contributed by atoms with Gasteiger partial charge in [-0.05, 0) is 46.2 Å². The Morgan fingerprint density at radius 3 is 2.16 bits per heavy atom. The normalized spacial score (nSPS) is 12.2. The summed E-state index contributed by atoms with van der Waals surface area (Å²) in [7, 11) is 1.69. The maximum atomic E-state index is 12.1. The minimum absolute atomic E-state index is 0.385. The van der Waals surface area contributed by atoms with Crippen molar-refractivity contribution in [1.82, 2.24) is 0 Å². The van der Waals surface area contributed by atoms with Crippen LogP contribution in [0, 0.1) is 0 Å². The van der Waals surface area contributed by atoms with Crippen molar-refractivity contribution >= 4 is 11.8 Å². The van der Waals surface area contributed by atoms with Crippen molar-refractivity contribution in [3.8, 4) is 0 Å². The number of anilines is 1. The number of carbonyl (C=O) groups excluding carboxylic acids is 1. The van der Waals surface area contributed by atoms with Gasteiger partial charge < -0.3 is 10.5 Å². The second kappa shape index (κ2) is 5.21. The van der Waals surface area contributed by atoms with Crippen molar-refractivity contribution in [3.63, 3.8) is 0 Å². The molecule has 0 aliphatic carbocycles. The molecule has 0 radical (unpaired) electrons. The fourth-order valence-corrected chi connectivity index (χ4v) is 1.74. The van der Waals surface area contributed by atoms with E-state index in [1.807, 2.05) is 58.9 Å². The zero-order chi connectivity index (χ0) is 14.8. The van der Waals surface area contributed by atoms with E-state index in [0.29, 0.717) is 0 Å². The maximum Gasteiger partial charge on any atom is 0.414 e. The second-order valence-electron chi connectivity index (χ2n) is 6.28. The first-order chi connectivity index (χ1) is 8.52.